The second-order valence-corrected chi connectivity index (χ2v) is 6.69. The number of hydrogen-bond donors (Lipinski definition) is 1. The molecular weight excluding hydrogens is 382 g/mol. The molecule has 1 heterocycles. The predicted octanol–water partition coefficient (Wildman–Crippen LogP) is 5.13. The van der Waals surface area contributed by atoms with Crippen LogP contribution in [0.25, 0.3) is 10.9 Å². The Labute approximate surface area is 157 Å². The van der Waals surface area contributed by atoms with Gasteiger partial charge < -0.3 is 10.1 Å². The van der Waals surface area contributed by atoms with Crippen molar-refractivity contribution >= 4 is 45.9 Å². The van der Waals surface area contributed by atoms with Crippen molar-refractivity contribution in [1.29, 1.82) is 0 Å². The van der Waals surface area contributed by atoms with Gasteiger partial charge >= 0.3 is 5.57 Å². The first kappa shape index (κ1) is 18.4. The first-order valence-electron chi connectivity index (χ1n) is 7.53. The number of para-hydroxylation sites is 1. The lowest BCUT2D eigenvalue weighted by Gasteiger charge is -2.11. The third-order valence-electron chi connectivity index (χ3n) is 3.30. The summed E-state index contributed by atoms with van der Waals surface area (Å²) >= 11 is 6.00. The van der Waals surface area contributed by atoms with Gasteiger partial charge in [0.25, 0.3) is 0 Å². The number of fused-ring (bicyclic) bond motifs is 1. The van der Waals surface area contributed by atoms with E-state index in [0.717, 1.165) is 15.9 Å². The summed E-state index contributed by atoms with van der Waals surface area (Å²) in [5.41, 5.74) is -2.44. The summed E-state index contributed by atoms with van der Waals surface area (Å²) in [5, 5.41) is 4.45. The molecule has 2 aromatic carbocycles. The molecule has 3 aromatic rings. The number of amides is 1. The number of rotatable bonds is 6. The van der Waals surface area contributed by atoms with Crippen LogP contribution in [0.2, 0.25) is 0 Å². The molecule has 0 bridgehead atoms. The maximum atomic E-state index is 12.5. The highest BCUT2D eigenvalue weighted by Crippen LogP contribution is 2.26. The van der Waals surface area contributed by atoms with Crippen molar-refractivity contribution < 1.29 is 18.3 Å². The number of ether oxygens (including phenoxy) is 1. The number of alkyl halides is 3. The molecule has 8 heteroatoms. The molecule has 0 aliphatic carbocycles. The average molecular weight is 395 g/mol. The fraction of sp³-hybridized carbons (Fsp3) is 0.111. The monoisotopic (exact) mass is 394 g/mol. The van der Waals surface area contributed by atoms with E-state index >= 15 is 0 Å². The molecule has 0 atom stereocenters. The number of carbonyl (C=O) groups excluding carboxylic acids is 1. The highest BCUT2D eigenvalue weighted by molar-refractivity contribution is 7.99. The maximum absolute atomic E-state index is 12.5. The second-order valence-electron chi connectivity index (χ2n) is 5.25. The molecule has 26 heavy (non-hydrogen) atoms. The third-order valence-corrected chi connectivity index (χ3v) is 4.30. The van der Waals surface area contributed by atoms with E-state index in [2.05, 4.69) is 15.0 Å². The van der Waals surface area contributed by atoms with Gasteiger partial charge in [-0.3, -0.25) is 4.79 Å². The van der Waals surface area contributed by atoms with E-state index < -0.39 is 5.57 Å². The number of aromatic nitrogens is 1. The highest BCUT2D eigenvalue weighted by atomic mass is 35.5. The van der Waals surface area contributed by atoms with E-state index in [1.54, 1.807) is 0 Å². The van der Waals surface area contributed by atoms with Crippen molar-refractivity contribution in [3.63, 3.8) is 0 Å². The Balaban J connectivity index is 1.55. The van der Waals surface area contributed by atoms with Crippen LogP contribution >= 0.6 is 23.4 Å². The van der Waals surface area contributed by atoms with Crippen LogP contribution in [0.15, 0.2) is 65.7 Å². The lowest BCUT2D eigenvalue weighted by atomic mass is 10.2. The van der Waals surface area contributed by atoms with Crippen molar-refractivity contribution in [3.8, 4) is 5.75 Å². The number of carbonyl (C=O) groups is 1. The molecule has 1 aromatic heterocycles. The Hall–Kier alpha value is -2.38. The summed E-state index contributed by atoms with van der Waals surface area (Å²) < 4.78 is 29.3. The van der Waals surface area contributed by atoms with Gasteiger partial charge in [-0.2, -0.15) is 0 Å². The zero-order valence-electron chi connectivity index (χ0n) is 13.3. The topological polar surface area (TPSA) is 51.2 Å². The van der Waals surface area contributed by atoms with E-state index in [-0.39, 0.29) is 17.4 Å². The Bertz CT molecular complexity index is 917. The van der Waals surface area contributed by atoms with Gasteiger partial charge in [0.2, 0.25) is 5.91 Å². The summed E-state index contributed by atoms with van der Waals surface area (Å²) in [6, 6.07) is 17.0. The number of halogens is 3. The van der Waals surface area contributed by atoms with E-state index in [0.29, 0.717) is 5.69 Å². The smallest absolute Gasteiger partial charge is 0.420 e. The number of pyridine rings is 1. The lowest BCUT2D eigenvalue weighted by Crippen LogP contribution is -2.16. The van der Waals surface area contributed by atoms with Gasteiger partial charge in [-0.15, -0.1) is 8.78 Å². The largest absolute Gasteiger partial charge is 0.487 e. The SMILES string of the molecule is O=C(CSc1ccc2ccccc2n1)Nc1ccc(OC(F)(F)Cl)cc1. The molecule has 3 rings (SSSR count). The van der Waals surface area contributed by atoms with Crippen molar-refractivity contribution in [1.82, 2.24) is 4.98 Å². The van der Waals surface area contributed by atoms with Gasteiger partial charge in [0.1, 0.15) is 5.75 Å². The van der Waals surface area contributed by atoms with E-state index in [1.165, 1.54) is 36.0 Å². The van der Waals surface area contributed by atoms with Crippen LogP contribution in [0, 0.1) is 0 Å². The molecule has 0 radical (unpaired) electrons. The Morgan fingerprint density at radius 2 is 1.85 bits per heavy atom. The van der Waals surface area contributed by atoms with Crippen LogP contribution < -0.4 is 10.1 Å². The van der Waals surface area contributed by atoms with Crippen molar-refractivity contribution in [2.75, 3.05) is 11.1 Å². The highest BCUT2D eigenvalue weighted by Gasteiger charge is 2.27. The van der Waals surface area contributed by atoms with E-state index in [9.17, 15) is 13.6 Å². The molecule has 0 aliphatic rings. The summed E-state index contributed by atoms with van der Waals surface area (Å²) in [7, 11) is 0. The number of nitrogens with zero attached hydrogens (tertiary/aromatic N) is 1. The second kappa shape index (κ2) is 7.88. The van der Waals surface area contributed by atoms with Gasteiger partial charge in [-0.05, 0) is 36.4 Å². The van der Waals surface area contributed by atoms with Crippen molar-refractivity contribution in [2.24, 2.45) is 0 Å². The fourth-order valence-corrected chi connectivity index (χ4v) is 2.97. The predicted molar refractivity (Wildman–Crippen MR) is 99.0 cm³/mol. The summed E-state index contributed by atoms with van der Waals surface area (Å²) in [6.45, 7) is 0. The van der Waals surface area contributed by atoms with E-state index in [1.807, 2.05) is 36.4 Å². The van der Waals surface area contributed by atoms with Crippen LogP contribution in [0.3, 0.4) is 0 Å². The summed E-state index contributed by atoms with van der Waals surface area (Å²) in [4.78, 5) is 16.5. The van der Waals surface area contributed by atoms with Gasteiger partial charge in [0, 0.05) is 22.7 Å². The number of benzene rings is 2. The van der Waals surface area contributed by atoms with Gasteiger partial charge in [0.05, 0.1) is 16.3 Å². The van der Waals surface area contributed by atoms with E-state index in [4.69, 9.17) is 11.6 Å². The standard InChI is InChI=1S/C18H13ClF2N2O2S/c19-18(20,21)25-14-8-6-13(7-9-14)22-16(24)11-26-17-10-5-12-3-1-2-4-15(12)23-17/h1-10H,11H2,(H,22,24). The van der Waals surface area contributed by atoms with Gasteiger partial charge in [-0.25, -0.2) is 4.98 Å². The van der Waals surface area contributed by atoms with Crippen molar-refractivity contribution in [3.05, 3.63) is 60.7 Å². The Kier molecular flexibility index (Phi) is 5.58. The maximum Gasteiger partial charge on any atom is 0.487 e. The minimum absolute atomic E-state index is 0.0993. The first-order chi connectivity index (χ1) is 12.4. The molecule has 0 aliphatic heterocycles. The number of thioether (sulfide) groups is 1. The first-order valence-corrected chi connectivity index (χ1v) is 8.90. The average Bonchev–Trinajstić information content (AvgIpc) is 2.60. The minimum Gasteiger partial charge on any atom is -0.420 e. The zero-order chi connectivity index (χ0) is 18.6. The quantitative estimate of drug-likeness (QED) is 0.465. The lowest BCUT2D eigenvalue weighted by molar-refractivity contribution is -0.113. The molecule has 4 nitrogen and oxygen atoms in total. The Morgan fingerprint density at radius 3 is 2.58 bits per heavy atom. The molecule has 134 valence electrons. The number of anilines is 1. The van der Waals surface area contributed by atoms with Gasteiger partial charge in [-0.1, -0.05) is 36.0 Å². The molecular formula is C18H13ClF2N2O2S. The minimum atomic E-state index is -3.77. The molecule has 0 saturated heterocycles. The molecule has 0 fully saturated rings. The summed E-state index contributed by atoms with van der Waals surface area (Å²) in [6.07, 6.45) is 0. The third kappa shape index (κ3) is 5.31. The van der Waals surface area contributed by atoms with Crippen LogP contribution in [-0.2, 0) is 4.79 Å². The molecule has 0 spiro atoms. The molecule has 1 N–H and O–H groups in total. The van der Waals surface area contributed by atoms with Crippen LogP contribution in [0.4, 0.5) is 14.5 Å². The Morgan fingerprint density at radius 1 is 1.12 bits per heavy atom. The van der Waals surface area contributed by atoms with Crippen molar-refractivity contribution in [2.45, 2.75) is 10.6 Å². The van der Waals surface area contributed by atoms with Crippen LogP contribution in [-0.4, -0.2) is 22.2 Å². The summed E-state index contributed by atoms with van der Waals surface area (Å²) in [5.74, 6) is -0.164. The van der Waals surface area contributed by atoms with Crippen LogP contribution in [0.5, 0.6) is 5.75 Å². The molecule has 0 saturated carbocycles. The fourth-order valence-electron chi connectivity index (χ4n) is 2.20. The van der Waals surface area contributed by atoms with Gasteiger partial charge in [0.15, 0.2) is 0 Å². The molecule has 1 amide bonds. The number of hydrogen-bond acceptors (Lipinski definition) is 4. The normalized spacial score (nSPS) is 11.3. The number of nitrogens with one attached hydrogen (secondary N) is 1. The molecule has 0 unspecified atom stereocenters. The zero-order valence-corrected chi connectivity index (χ0v) is 14.9. The van der Waals surface area contributed by atoms with Crippen LogP contribution in [0.1, 0.15) is 0 Å².